The number of carbonyl (C=O) groups excluding carboxylic acids is 3. The molecular weight excluding hydrogens is 342 g/mol. The molecule has 1 aliphatic carbocycles. The van der Waals surface area contributed by atoms with E-state index < -0.39 is 11.6 Å². The highest BCUT2D eigenvalue weighted by molar-refractivity contribution is 6.09. The Kier molecular flexibility index (Phi) is 5.53. The zero-order valence-electron chi connectivity index (χ0n) is 16.4. The maximum Gasteiger partial charge on any atom is 0.325 e. The summed E-state index contributed by atoms with van der Waals surface area (Å²) in [5.41, 5.74) is 0.932. The van der Waals surface area contributed by atoms with Crippen LogP contribution < -0.4 is 10.6 Å². The van der Waals surface area contributed by atoms with E-state index in [-0.39, 0.29) is 24.4 Å². The zero-order chi connectivity index (χ0) is 19.6. The van der Waals surface area contributed by atoms with Gasteiger partial charge in [-0.1, -0.05) is 51.0 Å². The number of hydrogen-bond acceptors (Lipinski definition) is 3. The van der Waals surface area contributed by atoms with Crippen molar-refractivity contribution in [3.8, 4) is 0 Å². The van der Waals surface area contributed by atoms with Crippen molar-refractivity contribution in [3.05, 3.63) is 35.4 Å². The summed E-state index contributed by atoms with van der Waals surface area (Å²) in [6.45, 7) is 6.08. The van der Waals surface area contributed by atoms with E-state index in [9.17, 15) is 14.4 Å². The van der Waals surface area contributed by atoms with Crippen LogP contribution >= 0.6 is 0 Å². The molecule has 0 saturated carbocycles. The maximum atomic E-state index is 13.0. The summed E-state index contributed by atoms with van der Waals surface area (Å²) < 4.78 is 0. The standard InChI is InChI=1S/C21H29N3O3/c1-14(2)7-6-8-15(3)22-18(25)13-24-19(26)21(23-20(24)27)12-11-16-9-4-5-10-17(16)21/h4-5,9-10,14-15H,6-8,11-13H2,1-3H3,(H,22,25)(H,23,27). The van der Waals surface area contributed by atoms with Gasteiger partial charge in [-0.3, -0.25) is 14.5 Å². The molecule has 1 aromatic rings. The second kappa shape index (κ2) is 7.71. The third-order valence-corrected chi connectivity index (χ3v) is 5.55. The van der Waals surface area contributed by atoms with Crippen LogP contribution in [0.25, 0.3) is 0 Å². The van der Waals surface area contributed by atoms with Crippen LogP contribution in [0.4, 0.5) is 4.79 Å². The summed E-state index contributed by atoms with van der Waals surface area (Å²) in [7, 11) is 0. The second-order valence-electron chi connectivity index (χ2n) is 8.18. The van der Waals surface area contributed by atoms with Crippen LogP contribution in [0, 0.1) is 5.92 Å². The number of nitrogens with one attached hydrogen (secondary N) is 2. The number of amides is 4. The fraction of sp³-hybridized carbons (Fsp3) is 0.571. The Morgan fingerprint density at radius 2 is 1.96 bits per heavy atom. The Hall–Kier alpha value is -2.37. The van der Waals surface area contributed by atoms with Crippen LogP contribution in [-0.2, 0) is 21.5 Å². The van der Waals surface area contributed by atoms with Gasteiger partial charge in [-0.2, -0.15) is 0 Å². The SMILES string of the molecule is CC(C)CCCC(C)NC(=O)CN1C(=O)NC2(CCc3ccccc32)C1=O. The fourth-order valence-corrected chi connectivity index (χ4v) is 4.10. The quantitative estimate of drug-likeness (QED) is 0.724. The molecule has 2 N–H and O–H groups in total. The van der Waals surface area contributed by atoms with Crippen LogP contribution in [0.2, 0.25) is 0 Å². The molecule has 2 atom stereocenters. The first kappa shape index (κ1) is 19.4. The minimum absolute atomic E-state index is 0.0261. The number of hydrogen-bond donors (Lipinski definition) is 2. The van der Waals surface area contributed by atoms with Crippen LogP contribution in [0.15, 0.2) is 24.3 Å². The average molecular weight is 371 g/mol. The van der Waals surface area contributed by atoms with Crippen molar-refractivity contribution in [1.29, 1.82) is 0 Å². The molecule has 6 nitrogen and oxygen atoms in total. The monoisotopic (exact) mass is 371 g/mol. The summed E-state index contributed by atoms with van der Waals surface area (Å²) in [5, 5.41) is 5.76. The van der Waals surface area contributed by atoms with Gasteiger partial charge in [0.25, 0.3) is 5.91 Å². The van der Waals surface area contributed by atoms with Crippen molar-refractivity contribution in [1.82, 2.24) is 15.5 Å². The lowest BCUT2D eigenvalue weighted by molar-refractivity contribution is -0.135. The molecule has 0 radical (unpaired) electrons. The van der Waals surface area contributed by atoms with Crippen LogP contribution in [0.3, 0.4) is 0 Å². The van der Waals surface area contributed by atoms with Gasteiger partial charge in [0.2, 0.25) is 5.91 Å². The predicted octanol–water partition coefficient (Wildman–Crippen LogP) is 2.71. The number of fused-ring (bicyclic) bond motifs is 2. The Morgan fingerprint density at radius 3 is 2.70 bits per heavy atom. The number of imide groups is 1. The molecule has 146 valence electrons. The largest absolute Gasteiger partial charge is 0.352 e. The van der Waals surface area contributed by atoms with Crippen molar-refractivity contribution >= 4 is 17.8 Å². The van der Waals surface area contributed by atoms with E-state index in [1.165, 1.54) is 0 Å². The van der Waals surface area contributed by atoms with Gasteiger partial charge in [0, 0.05) is 6.04 Å². The minimum atomic E-state index is -1.00. The van der Waals surface area contributed by atoms with Gasteiger partial charge >= 0.3 is 6.03 Å². The topological polar surface area (TPSA) is 78.5 Å². The first-order chi connectivity index (χ1) is 12.8. The highest BCUT2D eigenvalue weighted by Gasteiger charge is 2.55. The summed E-state index contributed by atoms with van der Waals surface area (Å²) in [6, 6.07) is 7.22. The van der Waals surface area contributed by atoms with E-state index in [4.69, 9.17) is 0 Å². The van der Waals surface area contributed by atoms with Gasteiger partial charge in [0.15, 0.2) is 0 Å². The van der Waals surface area contributed by atoms with Crippen LogP contribution in [0.1, 0.15) is 57.6 Å². The summed E-state index contributed by atoms with van der Waals surface area (Å²) in [4.78, 5) is 38.9. The summed E-state index contributed by atoms with van der Waals surface area (Å²) in [6.07, 6.45) is 4.34. The Balaban J connectivity index is 1.61. The summed E-state index contributed by atoms with van der Waals surface area (Å²) >= 11 is 0. The molecule has 4 amide bonds. The van der Waals surface area contributed by atoms with Crippen molar-refractivity contribution in [2.45, 2.75) is 64.5 Å². The molecule has 3 rings (SSSR count). The third kappa shape index (κ3) is 3.84. The predicted molar refractivity (Wildman–Crippen MR) is 103 cm³/mol. The fourth-order valence-electron chi connectivity index (χ4n) is 4.10. The molecule has 2 aliphatic rings. The van der Waals surface area contributed by atoms with E-state index >= 15 is 0 Å². The lowest BCUT2D eigenvalue weighted by Gasteiger charge is -2.22. The second-order valence-corrected chi connectivity index (χ2v) is 8.18. The number of aryl methyl sites for hydroxylation is 1. The van der Waals surface area contributed by atoms with Crippen molar-refractivity contribution < 1.29 is 14.4 Å². The van der Waals surface area contributed by atoms with Crippen LogP contribution in [0.5, 0.6) is 0 Å². The van der Waals surface area contributed by atoms with Crippen LogP contribution in [-0.4, -0.2) is 35.3 Å². The number of benzene rings is 1. The molecule has 0 aromatic heterocycles. The molecule has 1 aromatic carbocycles. The first-order valence-corrected chi connectivity index (χ1v) is 9.85. The molecule has 27 heavy (non-hydrogen) atoms. The Labute approximate surface area is 160 Å². The molecular formula is C21H29N3O3. The van der Waals surface area contributed by atoms with E-state index in [0.717, 1.165) is 41.7 Å². The molecule has 1 aliphatic heterocycles. The minimum Gasteiger partial charge on any atom is -0.352 e. The van der Waals surface area contributed by atoms with Gasteiger partial charge in [0.05, 0.1) is 0 Å². The van der Waals surface area contributed by atoms with E-state index in [1.807, 2.05) is 31.2 Å². The summed E-state index contributed by atoms with van der Waals surface area (Å²) in [5.74, 6) is 0.0308. The highest BCUT2D eigenvalue weighted by Crippen LogP contribution is 2.41. The van der Waals surface area contributed by atoms with E-state index in [0.29, 0.717) is 12.3 Å². The molecule has 2 unspecified atom stereocenters. The maximum absolute atomic E-state index is 13.0. The highest BCUT2D eigenvalue weighted by atomic mass is 16.2. The first-order valence-electron chi connectivity index (χ1n) is 9.85. The van der Waals surface area contributed by atoms with E-state index in [1.54, 1.807) is 0 Å². The van der Waals surface area contributed by atoms with Crippen molar-refractivity contribution in [2.24, 2.45) is 5.92 Å². The zero-order valence-corrected chi connectivity index (χ0v) is 16.4. The molecule has 6 heteroatoms. The Bertz CT molecular complexity index is 746. The van der Waals surface area contributed by atoms with Crippen molar-refractivity contribution in [2.75, 3.05) is 6.54 Å². The number of rotatable bonds is 7. The lowest BCUT2D eigenvalue weighted by Crippen LogP contribution is -2.45. The van der Waals surface area contributed by atoms with Gasteiger partial charge in [-0.05, 0) is 43.2 Å². The molecule has 1 spiro atoms. The molecule has 1 fully saturated rings. The molecule has 1 heterocycles. The normalized spacial score (nSPS) is 22.3. The molecule has 0 bridgehead atoms. The number of nitrogens with zero attached hydrogens (tertiary/aromatic N) is 1. The smallest absolute Gasteiger partial charge is 0.325 e. The van der Waals surface area contributed by atoms with Gasteiger partial charge in [0.1, 0.15) is 12.1 Å². The molecule has 1 saturated heterocycles. The van der Waals surface area contributed by atoms with Gasteiger partial charge in [-0.15, -0.1) is 0 Å². The van der Waals surface area contributed by atoms with Crippen molar-refractivity contribution in [3.63, 3.8) is 0 Å². The lowest BCUT2D eigenvalue weighted by atomic mass is 9.92. The van der Waals surface area contributed by atoms with Gasteiger partial charge < -0.3 is 10.6 Å². The van der Waals surface area contributed by atoms with E-state index in [2.05, 4.69) is 24.5 Å². The Morgan fingerprint density at radius 1 is 1.22 bits per heavy atom. The van der Waals surface area contributed by atoms with Gasteiger partial charge in [-0.25, -0.2) is 4.79 Å². The number of carbonyl (C=O) groups is 3. The number of urea groups is 1. The third-order valence-electron chi connectivity index (χ3n) is 5.55. The average Bonchev–Trinajstić information content (AvgIpc) is 3.08.